The van der Waals surface area contributed by atoms with Crippen LogP contribution in [0, 0.1) is 5.92 Å². The molecule has 3 aliphatic rings. The van der Waals surface area contributed by atoms with Crippen molar-refractivity contribution >= 4 is 28.4 Å². The number of oxime groups is 1. The molecule has 2 aromatic heterocycles. The molecule has 2 saturated carbocycles. The summed E-state index contributed by atoms with van der Waals surface area (Å²) in [5.41, 5.74) is 3.26. The SMILES string of the molecule is CCn1ncc2c(NC3CCCCC3)c(C3=NOC4(C3)CC(C(=O)O)C4)cnc21. The van der Waals surface area contributed by atoms with E-state index < -0.39 is 11.6 Å². The molecule has 154 valence electrons. The molecule has 0 aromatic carbocycles. The summed E-state index contributed by atoms with van der Waals surface area (Å²) in [5, 5.41) is 22.9. The van der Waals surface area contributed by atoms with Crippen LogP contribution in [0.25, 0.3) is 11.0 Å². The predicted octanol–water partition coefficient (Wildman–Crippen LogP) is 3.55. The Bertz CT molecular complexity index is 970. The quantitative estimate of drug-likeness (QED) is 0.800. The Labute approximate surface area is 169 Å². The number of carboxylic acids is 1. The number of nitrogens with one attached hydrogen (secondary N) is 1. The first-order valence-corrected chi connectivity index (χ1v) is 10.7. The van der Waals surface area contributed by atoms with Crippen LogP contribution in [0.3, 0.4) is 0 Å². The van der Waals surface area contributed by atoms with Crippen molar-refractivity contribution in [1.29, 1.82) is 0 Å². The summed E-state index contributed by atoms with van der Waals surface area (Å²) >= 11 is 0. The van der Waals surface area contributed by atoms with Gasteiger partial charge in [0.2, 0.25) is 0 Å². The maximum absolute atomic E-state index is 11.2. The van der Waals surface area contributed by atoms with E-state index in [0.717, 1.165) is 34.5 Å². The third kappa shape index (κ3) is 3.14. The molecular weight excluding hydrogens is 370 g/mol. The maximum Gasteiger partial charge on any atom is 0.306 e. The van der Waals surface area contributed by atoms with Crippen LogP contribution in [-0.4, -0.2) is 43.2 Å². The van der Waals surface area contributed by atoms with E-state index in [-0.39, 0.29) is 5.92 Å². The number of hydrogen-bond donors (Lipinski definition) is 2. The predicted molar refractivity (Wildman–Crippen MR) is 109 cm³/mol. The fourth-order valence-electron chi connectivity index (χ4n) is 4.98. The molecule has 5 rings (SSSR count). The molecule has 2 fully saturated rings. The van der Waals surface area contributed by atoms with Crippen LogP contribution in [0.4, 0.5) is 5.69 Å². The van der Waals surface area contributed by atoms with E-state index in [2.05, 4.69) is 27.5 Å². The highest BCUT2D eigenvalue weighted by Crippen LogP contribution is 2.48. The zero-order valence-electron chi connectivity index (χ0n) is 16.7. The molecule has 2 N–H and O–H groups in total. The molecule has 3 heterocycles. The fraction of sp³-hybridized carbons (Fsp3) is 0.619. The van der Waals surface area contributed by atoms with E-state index in [4.69, 9.17) is 4.84 Å². The van der Waals surface area contributed by atoms with Crippen LogP contribution in [-0.2, 0) is 16.2 Å². The van der Waals surface area contributed by atoms with Crippen molar-refractivity contribution in [2.45, 2.75) is 76.5 Å². The molecule has 0 bridgehead atoms. The van der Waals surface area contributed by atoms with Crippen LogP contribution in [0.1, 0.15) is 63.9 Å². The van der Waals surface area contributed by atoms with Gasteiger partial charge in [-0.3, -0.25) is 4.79 Å². The fourth-order valence-corrected chi connectivity index (χ4v) is 4.98. The average Bonchev–Trinajstić information content (AvgIpc) is 3.32. The number of nitrogens with zero attached hydrogens (tertiary/aromatic N) is 4. The van der Waals surface area contributed by atoms with E-state index in [1.54, 1.807) is 0 Å². The zero-order valence-corrected chi connectivity index (χ0v) is 16.7. The highest BCUT2D eigenvalue weighted by atomic mass is 16.7. The van der Waals surface area contributed by atoms with E-state index in [9.17, 15) is 9.90 Å². The lowest BCUT2D eigenvalue weighted by atomic mass is 9.68. The van der Waals surface area contributed by atoms with Gasteiger partial charge in [0.1, 0.15) is 5.60 Å². The molecule has 8 heteroatoms. The summed E-state index contributed by atoms with van der Waals surface area (Å²) in [4.78, 5) is 21.6. The van der Waals surface area contributed by atoms with Gasteiger partial charge in [0.25, 0.3) is 0 Å². The molecule has 1 spiro atoms. The average molecular weight is 397 g/mol. The van der Waals surface area contributed by atoms with Crippen molar-refractivity contribution in [3.05, 3.63) is 18.0 Å². The second-order valence-electron chi connectivity index (χ2n) is 8.66. The molecule has 0 atom stereocenters. The van der Waals surface area contributed by atoms with Crippen LogP contribution in [0.2, 0.25) is 0 Å². The topological polar surface area (TPSA) is 102 Å². The smallest absolute Gasteiger partial charge is 0.306 e. The molecule has 0 radical (unpaired) electrons. The number of rotatable bonds is 5. The minimum absolute atomic E-state index is 0.326. The summed E-state index contributed by atoms with van der Waals surface area (Å²) in [6.07, 6.45) is 11.6. The van der Waals surface area contributed by atoms with Crippen LogP contribution in [0.15, 0.2) is 17.5 Å². The number of aryl methyl sites for hydroxylation is 1. The third-order valence-corrected chi connectivity index (χ3v) is 6.66. The Morgan fingerprint density at radius 2 is 2.10 bits per heavy atom. The van der Waals surface area contributed by atoms with Gasteiger partial charge in [0.15, 0.2) is 5.65 Å². The van der Waals surface area contributed by atoms with Gasteiger partial charge < -0.3 is 15.3 Å². The molecule has 2 aromatic rings. The van der Waals surface area contributed by atoms with Crippen LogP contribution in [0.5, 0.6) is 0 Å². The van der Waals surface area contributed by atoms with Gasteiger partial charge in [-0.05, 0) is 19.8 Å². The van der Waals surface area contributed by atoms with Crippen molar-refractivity contribution in [1.82, 2.24) is 14.8 Å². The van der Waals surface area contributed by atoms with Gasteiger partial charge in [-0.2, -0.15) is 5.10 Å². The lowest BCUT2D eigenvalue weighted by Crippen LogP contribution is -2.47. The molecule has 8 nitrogen and oxygen atoms in total. The molecule has 0 unspecified atom stereocenters. The van der Waals surface area contributed by atoms with Gasteiger partial charge in [-0.15, -0.1) is 0 Å². The highest BCUT2D eigenvalue weighted by Gasteiger charge is 2.53. The summed E-state index contributed by atoms with van der Waals surface area (Å²) in [5.74, 6) is -1.07. The highest BCUT2D eigenvalue weighted by molar-refractivity contribution is 6.10. The van der Waals surface area contributed by atoms with Gasteiger partial charge in [-0.25, -0.2) is 9.67 Å². The zero-order chi connectivity index (χ0) is 20.0. The molecule has 2 aliphatic carbocycles. The number of carbonyl (C=O) groups is 1. The first-order chi connectivity index (χ1) is 14.1. The normalized spacial score (nSPS) is 26.9. The van der Waals surface area contributed by atoms with E-state index in [1.165, 1.54) is 32.1 Å². The van der Waals surface area contributed by atoms with Crippen molar-refractivity contribution < 1.29 is 14.7 Å². The van der Waals surface area contributed by atoms with Crippen LogP contribution < -0.4 is 5.32 Å². The maximum atomic E-state index is 11.2. The first-order valence-electron chi connectivity index (χ1n) is 10.7. The molecule has 0 saturated heterocycles. The van der Waals surface area contributed by atoms with Gasteiger partial charge in [0.05, 0.1) is 28.9 Å². The summed E-state index contributed by atoms with van der Waals surface area (Å²) in [6, 6.07) is 0.440. The lowest BCUT2D eigenvalue weighted by Gasteiger charge is -2.40. The number of anilines is 1. The Kier molecular flexibility index (Phi) is 4.44. The number of pyridine rings is 1. The molecule has 0 amide bonds. The Hall–Kier alpha value is -2.64. The lowest BCUT2D eigenvalue weighted by molar-refractivity contribution is -0.162. The van der Waals surface area contributed by atoms with Crippen LogP contribution >= 0.6 is 0 Å². The monoisotopic (exact) mass is 397 g/mol. The van der Waals surface area contributed by atoms with Gasteiger partial charge >= 0.3 is 5.97 Å². The largest absolute Gasteiger partial charge is 0.481 e. The Morgan fingerprint density at radius 1 is 1.31 bits per heavy atom. The molecular formula is C21H27N5O3. The van der Waals surface area contributed by atoms with Crippen molar-refractivity contribution in [2.75, 3.05) is 5.32 Å². The standard InChI is InChI=1S/C21H27N5O3/c1-2-26-19-16(12-23-26)18(24-14-6-4-3-5-7-14)15(11-22-19)17-10-21(29-25-17)8-13(9-21)20(27)28/h11-14H,2-10H2,1H3,(H,22,24)(H,27,28). The number of aromatic nitrogens is 3. The van der Waals surface area contributed by atoms with Gasteiger partial charge in [0, 0.05) is 43.6 Å². The minimum atomic E-state index is -0.748. The summed E-state index contributed by atoms with van der Waals surface area (Å²) in [7, 11) is 0. The number of aliphatic carboxylic acids is 1. The third-order valence-electron chi connectivity index (χ3n) is 6.66. The minimum Gasteiger partial charge on any atom is -0.481 e. The Morgan fingerprint density at radius 3 is 2.83 bits per heavy atom. The van der Waals surface area contributed by atoms with Crippen molar-refractivity contribution in [3.63, 3.8) is 0 Å². The van der Waals surface area contributed by atoms with E-state index >= 15 is 0 Å². The molecule has 1 aliphatic heterocycles. The second kappa shape index (κ2) is 7.00. The van der Waals surface area contributed by atoms with Crippen molar-refractivity contribution in [3.8, 4) is 0 Å². The first kappa shape index (κ1) is 18.4. The van der Waals surface area contributed by atoms with Crippen molar-refractivity contribution in [2.24, 2.45) is 11.1 Å². The summed E-state index contributed by atoms with van der Waals surface area (Å²) < 4.78 is 1.91. The number of fused-ring (bicyclic) bond motifs is 1. The molecule has 29 heavy (non-hydrogen) atoms. The summed E-state index contributed by atoms with van der Waals surface area (Å²) in [6.45, 7) is 2.83. The van der Waals surface area contributed by atoms with E-state index in [0.29, 0.717) is 25.3 Å². The number of carboxylic acid groups (broad SMARTS) is 1. The van der Waals surface area contributed by atoms with E-state index in [1.807, 2.05) is 17.1 Å². The number of hydrogen-bond acceptors (Lipinski definition) is 6. The second-order valence-corrected chi connectivity index (χ2v) is 8.66. The van der Waals surface area contributed by atoms with Gasteiger partial charge in [-0.1, -0.05) is 24.4 Å². The Balaban J connectivity index is 1.47.